The molecular weight excluding hydrogens is 753 g/mol. The van der Waals surface area contributed by atoms with Crippen molar-refractivity contribution in [3.05, 3.63) is 231 Å². The number of nitrogens with zero attached hydrogens (tertiary/aromatic N) is 4. The summed E-state index contributed by atoms with van der Waals surface area (Å²) in [5.74, 6) is 1.84. The molecule has 4 nitrogen and oxygen atoms in total. The largest absolute Gasteiger partial charge is 0.248 e. The lowest BCUT2D eigenvalue weighted by molar-refractivity contribution is 1.07. The second-order valence-electron chi connectivity index (χ2n) is 15.4. The van der Waals surface area contributed by atoms with Crippen LogP contribution in [0.1, 0.15) is 0 Å². The average Bonchev–Trinajstić information content (AvgIpc) is 3.37. The van der Waals surface area contributed by atoms with E-state index >= 15 is 0 Å². The van der Waals surface area contributed by atoms with E-state index in [1.54, 1.807) is 0 Å². The SMILES string of the molecule is c1ccc(-c2cccc(-c3nc(-c4ccc(-c5cc6nc(-c7ccccc7)cc(-c7ccccc7)c6c6ccccc56)cc4)nc(-c4cccc(-c5ccccc5)c4)n3)c2)cc1. The van der Waals surface area contributed by atoms with Crippen LogP contribution < -0.4 is 0 Å². The van der Waals surface area contributed by atoms with E-state index in [1.165, 1.54) is 5.39 Å². The van der Waals surface area contributed by atoms with Crippen LogP contribution in [0, 0.1) is 0 Å². The summed E-state index contributed by atoms with van der Waals surface area (Å²) in [6.45, 7) is 0. The summed E-state index contributed by atoms with van der Waals surface area (Å²) < 4.78 is 0. The molecule has 0 radical (unpaired) electrons. The standard InChI is InChI=1S/C58H38N4/c1-5-17-39(18-6-1)45-25-15-27-47(35-45)57-60-56(61-58(62-57)48-28-16-26-46(36-48)40-19-7-2-8-20-40)44-33-31-42(32-34-44)51-37-54-55(50-30-14-13-29-49(50)51)52(41-21-9-3-10-22-41)38-53(59-54)43-23-11-4-12-24-43/h1-38H. The molecule has 0 bridgehead atoms. The molecule has 0 saturated carbocycles. The molecule has 0 fully saturated rings. The van der Waals surface area contributed by atoms with Crippen LogP contribution >= 0.6 is 0 Å². The molecule has 2 heterocycles. The summed E-state index contributed by atoms with van der Waals surface area (Å²) in [5, 5.41) is 3.47. The molecule has 0 saturated heterocycles. The second kappa shape index (κ2) is 16.0. The van der Waals surface area contributed by atoms with Crippen LogP contribution in [0.5, 0.6) is 0 Å². The fourth-order valence-electron chi connectivity index (χ4n) is 8.44. The molecule has 62 heavy (non-hydrogen) atoms. The number of benzene rings is 9. The molecule has 2 aromatic heterocycles. The van der Waals surface area contributed by atoms with Crippen molar-refractivity contribution >= 4 is 21.7 Å². The van der Waals surface area contributed by atoms with Gasteiger partial charge in [-0.2, -0.15) is 0 Å². The van der Waals surface area contributed by atoms with E-state index in [-0.39, 0.29) is 0 Å². The smallest absolute Gasteiger partial charge is 0.164 e. The van der Waals surface area contributed by atoms with Gasteiger partial charge >= 0.3 is 0 Å². The molecule has 0 unspecified atom stereocenters. The molecule has 11 rings (SSSR count). The molecule has 9 aromatic carbocycles. The summed E-state index contributed by atoms with van der Waals surface area (Å²) >= 11 is 0. The maximum atomic E-state index is 5.33. The molecule has 0 atom stereocenters. The Labute approximate surface area is 360 Å². The van der Waals surface area contributed by atoms with Gasteiger partial charge in [-0.3, -0.25) is 0 Å². The van der Waals surface area contributed by atoms with Gasteiger partial charge < -0.3 is 0 Å². The third kappa shape index (κ3) is 7.10. The Morgan fingerprint density at radius 2 is 0.629 bits per heavy atom. The van der Waals surface area contributed by atoms with E-state index in [0.29, 0.717) is 17.5 Å². The Bertz CT molecular complexity index is 3270. The Balaban J connectivity index is 1.05. The third-order valence-electron chi connectivity index (χ3n) is 11.5. The zero-order valence-corrected chi connectivity index (χ0v) is 33.7. The number of hydrogen-bond donors (Lipinski definition) is 0. The molecule has 0 N–H and O–H groups in total. The highest BCUT2D eigenvalue weighted by molar-refractivity contribution is 6.18. The van der Waals surface area contributed by atoms with Crippen molar-refractivity contribution in [2.24, 2.45) is 0 Å². The van der Waals surface area contributed by atoms with Crippen molar-refractivity contribution in [2.45, 2.75) is 0 Å². The Kier molecular flexibility index (Phi) is 9.49. The molecule has 0 aliphatic carbocycles. The highest BCUT2D eigenvalue weighted by Crippen LogP contribution is 2.41. The Hall–Kier alpha value is -8.34. The minimum absolute atomic E-state index is 0.608. The molecule has 0 spiro atoms. The number of pyridine rings is 1. The summed E-state index contributed by atoms with van der Waals surface area (Å²) in [6, 6.07) is 80.5. The second-order valence-corrected chi connectivity index (χ2v) is 15.4. The van der Waals surface area contributed by atoms with Crippen LogP contribution in [-0.2, 0) is 0 Å². The molecule has 290 valence electrons. The minimum atomic E-state index is 0.608. The van der Waals surface area contributed by atoms with Crippen LogP contribution in [-0.4, -0.2) is 19.9 Å². The summed E-state index contributed by atoms with van der Waals surface area (Å²) in [5.41, 5.74) is 14.7. The first kappa shape index (κ1) is 36.7. The zero-order chi connectivity index (χ0) is 41.2. The van der Waals surface area contributed by atoms with Crippen molar-refractivity contribution in [1.82, 2.24) is 19.9 Å². The number of hydrogen-bond acceptors (Lipinski definition) is 4. The van der Waals surface area contributed by atoms with Gasteiger partial charge in [-0.15, -0.1) is 0 Å². The maximum absolute atomic E-state index is 5.33. The number of aromatic nitrogens is 4. The zero-order valence-electron chi connectivity index (χ0n) is 33.7. The highest BCUT2D eigenvalue weighted by atomic mass is 15.0. The maximum Gasteiger partial charge on any atom is 0.164 e. The van der Waals surface area contributed by atoms with Crippen molar-refractivity contribution in [2.75, 3.05) is 0 Å². The van der Waals surface area contributed by atoms with Crippen LogP contribution in [0.15, 0.2) is 231 Å². The van der Waals surface area contributed by atoms with Crippen molar-refractivity contribution < 1.29 is 0 Å². The summed E-state index contributed by atoms with van der Waals surface area (Å²) in [7, 11) is 0. The predicted octanol–water partition coefficient (Wildman–Crippen LogP) is 14.9. The van der Waals surface area contributed by atoms with Crippen LogP contribution in [0.3, 0.4) is 0 Å². The molecule has 0 aliphatic rings. The van der Waals surface area contributed by atoms with E-state index in [4.69, 9.17) is 19.9 Å². The quantitative estimate of drug-likeness (QED) is 0.144. The normalized spacial score (nSPS) is 11.2. The van der Waals surface area contributed by atoms with Gasteiger partial charge in [0.1, 0.15) is 0 Å². The Morgan fingerprint density at radius 1 is 0.226 bits per heavy atom. The molecular formula is C58H38N4. The van der Waals surface area contributed by atoms with Gasteiger partial charge in [-0.25, -0.2) is 19.9 Å². The van der Waals surface area contributed by atoms with Gasteiger partial charge in [0.25, 0.3) is 0 Å². The highest BCUT2D eigenvalue weighted by Gasteiger charge is 2.18. The first-order valence-corrected chi connectivity index (χ1v) is 20.9. The van der Waals surface area contributed by atoms with Gasteiger partial charge in [0.15, 0.2) is 17.5 Å². The van der Waals surface area contributed by atoms with E-state index < -0.39 is 0 Å². The van der Waals surface area contributed by atoms with Gasteiger partial charge in [-0.1, -0.05) is 206 Å². The topological polar surface area (TPSA) is 51.6 Å². The minimum Gasteiger partial charge on any atom is -0.248 e. The number of rotatable bonds is 8. The summed E-state index contributed by atoms with van der Waals surface area (Å²) in [6.07, 6.45) is 0. The van der Waals surface area contributed by atoms with Crippen LogP contribution in [0.4, 0.5) is 0 Å². The molecule has 11 aromatic rings. The van der Waals surface area contributed by atoms with Crippen molar-refractivity contribution in [3.8, 4) is 89.9 Å². The lowest BCUT2D eigenvalue weighted by Crippen LogP contribution is -2.00. The van der Waals surface area contributed by atoms with Gasteiger partial charge in [0.05, 0.1) is 11.2 Å². The molecule has 0 amide bonds. The monoisotopic (exact) mass is 790 g/mol. The average molecular weight is 791 g/mol. The summed E-state index contributed by atoms with van der Waals surface area (Å²) in [4.78, 5) is 20.8. The van der Waals surface area contributed by atoms with Gasteiger partial charge in [-0.05, 0) is 79.5 Å². The first-order valence-electron chi connectivity index (χ1n) is 20.9. The van der Waals surface area contributed by atoms with E-state index in [9.17, 15) is 0 Å². The van der Waals surface area contributed by atoms with Crippen molar-refractivity contribution in [1.29, 1.82) is 0 Å². The van der Waals surface area contributed by atoms with E-state index in [0.717, 1.165) is 88.7 Å². The van der Waals surface area contributed by atoms with Gasteiger partial charge in [0.2, 0.25) is 0 Å². The fourth-order valence-corrected chi connectivity index (χ4v) is 8.44. The lowest BCUT2D eigenvalue weighted by Gasteiger charge is -2.16. The van der Waals surface area contributed by atoms with E-state index in [1.807, 2.05) is 18.2 Å². The molecule has 0 aliphatic heterocycles. The Morgan fingerprint density at radius 3 is 1.18 bits per heavy atom. The van der Waals surface area contributed by atoms with Crippen molar-refractivity contribution in [3.63, 3.8) is 0 Å². The molecule has 4 heteroatoms. The predicted molar refractivity (Wildman–Crippen MR) is 256 cm³/mol. The van der Waals surface area contributed by atoms with Gasteiger partial charge in [0, 0.05) is 27.6 Å². The first-order chi connectivity index (χ1) is 30.7. The number of fused-ring (bicyclic) bond motifs is 3. The lowest BCUT2D eigenvalue weighted by atomic mass is 9.90. The fraction of sp³-hybridized carbons (Fsp3) is 0. The van der Waals surface area contributed by atoms with Crippen LogP contribution in [0.2, 0.25) is 0 Å². The van der Waals surface area contributed by atoms with Crippen LogP contribution in [0.25, 0.3) is 112 Å². The third-order valence-corrected chi connectivity index (χ3v) is 11.5. The van der Waals surface area contributed by atoms with E-state index in [2.05, 4.69) is 212 Å².